The molecule has 2 aromatic rings. The number of nitrogens with zero attached hydrogens (tertiary/aromatic N) is 2. The lowest BCUT2D eigenvalue weighted by Gasteiger charge is -2.35. The van der Waals surface area contributed by atoms with Crippen molar-refractivity contribution in [1.82, 2.24) is 10.3 Å². The van der Waals surface area contributed by atoms with E-state index in [1.165, 1.54) is 13.1 Å². The molecule has 1 spiro atoms. The summed E-state index contributed by atoms with van der Waals surface area (Å²) in [5.41, 5.74) is -2.78. The molecule has 0 fully saturated rings. The van der Waals surface area contributed by atoms with Gasteiger partial charge in [-0.05, 0) is 42.2 Å². The van der Waals surface area contributed by atoms with E-state index in [2.05, 4.69) is 15.3 Å². The highest BCUT2D eigenvalue weighted by Gasteiger charge is 2.54. The van der Waals surface area contributed by atoms with Crippen LogP contribution in [0.5, 0.6) is 0 Å². The van der Waals surface area contributed by atoms with Gasteiger partial charge in [-0.15, -0.1) is 0 Å². The quantitative estimate of drug-likeness (QED) is 0.713. The maximum Gasteiger partial charge on any atom is 0.433 e. The molecule has 0 unspecified atom stereocenters. The van der Waals surface area contributed by atoms with Crippen molar-refractivity contribution >= 4 is 11.7 Å². The average molecular weight is 381 g/mol. The normalized spacial score (nSPS) is 22.7. The zero-order chi connectivity index (χ0) is 19.6. The van der Waals surface area contributed by atoms with E-state index in [-0.39, 0.29) is 41.1 Å². The number of nitrogens with one attached hydrogen (secondary N) is 1. The fourth-order valence-electron chi connectivity index (χ4n) is 3.87. The molecule has 2 heterocycles. The second-order valence-corrected chi connectivity index (χ2v) is 6.44. The van der Waals surface area contributed by atoms with Gasteiger partial charge in [-0.3, -0.25) is 9.79 Å². The number of amidine groups is 1. The Bertz CT molecular complexity index is 1010. The molecule has 1 aliphatic heterocycles. The van der Waals surface area contributed by atoms with Crippen molar-refractivity contribution in [3.63, 3.8) is 0 Å². The summed E-state index contributed by atoms with van der Waals surface area (Å²) in [7, 11) is 1.37. The molecule has 1 aromatic carbocycles. The molecule has 4 nitrogen and oxygen atoms in total. The van der Waals surface area contributed by atoms with E-state index < -0.39 is 34.8 Å². The van der Waals surface area contributed by atoms with Crippen molar-refractivity contribution < 1.29 is 26.7 Å². The average Bonchev–Trinajstić information content (AvgIpc) is 2.98. The molecule has 1 aromatic heterocycles. The smallest absolute Gasteiger partial charge is 0.309 e. The molecule has 0 bridgehead atoms. The van der Waals surface area contributed by atoms with Gasteiger partial charge in [-0.25, -0.2) is 13.8 Å². The Labute approximate surface area is 150 Å². The summed E-state index contributed by atoms with van der Waals surface area (Å²) in [6, 6.07) is 3.64. The fourth-order valence-corrected chi connectivity index (χ4v) is 3.87. The Hall–Kier alpha value is -2.84. The third-order valence-electron chi connectivity index (χ3n) is 5.06. The van der Waals surface area contributed by atoms with Gasteiger partial charge >= 0.3 is 6.18 Å². The van der Waals surface area contributed by atoms with Crippen LogP contribution in [-0.2, 0) is 22.8 Å². The third kappa shape index (κ3) is 2.37. The summed E-state index contributed by atoms with van der Waals surface area (Å²) in [5, 5.41) is 2.54. The molecule has 27 heavy (non-hydrogen) atoms. The Morgan fingerprint density at radius 2 is 1.96 bits per heavy atom. The van der Waals surface area contributed by atoms with Crippen molar-refractivity contribution in [3.8, 4) is 0 Å². The summed E-state index contributed by atoms with van der Waals surface area (Å²) >= 11 is 0. The van der Waals surface area contributed by atoms with Gasteiger partial charge in [-0.2, -0.15) is 13.2 Å². The molecule has 1 amide bonds. The molecule has 0 saturated carbocycles. The zero-order valence-corrected chi connectivity index (χ0v) is 13.9. The summed E-state index contributed by atoms with van der Waals surface area (Å²) in [5.74, 6) is -2.39. The Balaban J connectivity index is 2.07. The number of carbonyl (C=O) groups is 1. The van der Waals surface area contributed by atoms with E-state index in [4.69, 9.17) is 0 Å². The standard InChI is InChI=1S/C18H12F5N3O/c1-24-15-10-2-3-13(18(21,22)23)25-14(10)17(16(27)26-15)5-4-9-11(17)6-8(19)7-12(9)20/h2-3,6-7H,4-5H2,1H3,(H,24,26,27)/t17-/m1/s1. The van der Waals surface area contributed by atoms with Crippen molar-refractivity contribution in [3.05, 3.63) is 64.0 Å². The number of carbonyl (C=O) groups excluding carboxylic acids is 1. The molecule has 140 valence electrons. The van der Waals surface area contributed by atoms with Crippen LogP contribution in [0.1, 0.15) is 34.5 Å². The lowest BCUT2D eigenvalue weighted by Crippen LogP contribution is -2.52. The predicted octanol–water partition coefficient (Wildman–Crippen LogP) is 3.12. The molecule has 1 aliphatic carbocycles. The fraction of sp³-hybridized carbons (Fsp3) is 0.278. The van der Waals surface area contributed by atoms with Gasteiger partial charge in [-0.1, -0.05) is 0 Å². The topological polar surface area (TPSA) is 54.4 Å². The highest BCUT2D eigenvalue weighted by atomic mass is 19.4. The van der Waals surface area contributed by atoms with Crippen LogP contribution >= 0.6 is 0 Å². The molecular weight excluding hydrogens is 369 g/mol. The second kappa shape index (κ2) is 5.58. The number of hydrogen-bond acceptors (Lipinski definition) is 3. The number of alkyl halides is 3. The number of halogens is 5. The maximum atomic E-state index is 14.2. The van der Waals surface area contributed by atoms with Gasteiger partial charge in [0, 0.05) is 18.7 Å². The second-order valence-electron chi connectivity index (χ2n) is 6.44. The number of amides is 1. The van der Waals surface area contributed by atoms with Gasteiger partial charge in [0.1, 0.15) is 28.6 Å². The number of rotatable bonds is 0. The van der Waals surface area contributed by atoms with E-state index >= 15 is 0 Å². The van der Waals surface area contributed by atoms with Crippen molar-refractivity contribution in [2.45, 2.75) is 24.4 Å². The van der Waals surface area contributed by atoms with Crippen LogP contribution in [0.25, 0.3) is 0 Å². The first kappa shape index (κ1) is 17.6. The van der Waals surface area contributed by atoms with Gasteiger partial charge in [0.2, 0.25) is 5.91 Å². The first-order chi connectivity index (χ1) is 12.7. The number of aromatic nitrogens is 1. The van der Waals surface area contributed by atoms with Crippen LogP contribution in [0.15, 0.2) is 29.3 Å². The monoisotopic (exact) mass is 381 g/mol. The molecule has 1 atom stereocenters. The number of pyridine rings is 1. The summed E-state index contributed by atoms with van der Waals surface area (Å²) in [6.07, 6.45) is -4.68. The van der Waals surface area contributed by atoms with Crippen molar-refractivity contribution in [1.29, 1.82) is 0 Å². The Kier molecular flexibility index (Phi) is 3.63. The van der Waals surface area contributed by atoms with E-state index in [0.29, 0.717) is 6.07 Å². The first-order valence-corrected chi connectivity index (χ1v) is 8.04. The van der Waals surface area contributed by atoms with Crippen molar-refractivity contribution in [2.24, 2.45) is 4.99 Å². The van der Waals surface area contributed by atoms with E-state index in [1.807, 2.05) is 0 Å². The first-order valence-electron chi connectivity index (χ1n) is 8.04. The van der Waals surface area contributed by atoms with Crippen LogP contribution in [0, 0.1) is 11.6 Å². The Morgan fingerprint density at radius 3 is 2.63 bits per heavy atom. The van der Waals surface area contributed by atoms with Gasteiger partial charge < -0.3 is 5.32 Å². The largest absolute Gasteiger partial charge is 0.433 e. The van der Waals surface area contributed by atoms with Gasteiger partial charge in [0.15, 0.2) is 0 Å². The van der Waals surface area contributed by atoms with Crippen LogP contribution in [0.3, 0.4) is 0 Å². The van der Waals surface area contributed by atoms with Crippen LogP contribution in [0.2, 0.25) is 0 Å². The number of aliphatic imine (C=N–C) groups is 1. The van der Waals surface area contributed by atoms with Gasteiger partial charge in [0.25, 0.3) is 0 Å². The molecular formula is C18H12F5N3O. The highest BCUT2D eigenvalue weighted by molar-refractivity contribution is 6.16. The lowest BCUT2D eigenvalue weighted by atomic mass is 9.73. The summed E-state index contributed by atoms with van der Waals surface area (Å²) in [6.45, 7) is 0. The SMILES string of the molecule is CN=C1NC(=O)[C@@]2(CCc3c(F)cc(F)cc32)c2nc(C(F)(F)F)ccc21. The minimum absolute atomic E-state index is 0.000674. The van der Waals surface area contributed by atoms with Crippen molar-refractivity contribution in [2.75, 3.05) is 7.05 Å². The zero-order valence-electron chi connectivity index (χ0n) is 13.9. The van der Waals surface area contributed by atoms with Crippen LogP contribution in [0.4, 0.5) is 22.0 Å². The molecule has 0 radical (unpaired) electrons. The third-order valence-corrected chi connectivity index (χ3v) is 5.06. The minimum Gasteiger partial charge on any atom is -0.309 e. The molecule has 4 rings (SSSR count). The van der Waals surface area contributed by atoms with E-state index in [9.17, 15) is 26.7 Å². The number of hydrogen-bond donors (Lipinski definition) is 1. The predicted molar refractivity (Wildman–Crippen MR) is 85.3 cm³/mol. The lowest BCUT2D eigenvalue weighted by molar-refractivity contribution is -0.141. The van der Waals surface area contributed by atoms with E-state index in [0.717, 1.165) is 12.1 Å². The molecule has 1 N–H and O–H groups in total. The molecule has 0 saturated heterocycles. The number of fused-ring (bicyclic) bond motifs is 4. The molecule has 9 heteroatoms. The summed E-state index contributed by atoms with van der Waals surface area (Å²) in [4.78, 5) is 20.5. The highest BCUT2D eigenvalue weighted by Crippen LogP contribution is 2.48. The maximum absolute atomic E-state index is 14.2. The van der Waals surface area contributed by atoms with Crippen LogP contribution < -0.4 is 5.32 Å². The summed E-state index contributed by atoms with van der Waals surface area (Å²) < 4.78 is 67.7. The van der Waals surface area contributed by atoms with Gasteiger partial charge in [0.05, 0.1) is 5.69 Å². The minimum atomic E-state index is -4.73. The van der Waals surface area contributed by atoms with Crippen LogP contribution in [-0.4, -0.2) is 23.8 Å². The van der Waals surface area contributed by atoms with E-state index in [1.54, 1.807) is 0 Å². The number of benzene rings is 1. The molecule has 2 aliphatic rings. The Morgan fingerprint density at radius 1 is 1.22 bits per heavy atom.